The molecule has 0 atom stereocenters. The van der Waals surface area contributed by atoms with Gasteiger partial charge in [-0.15, -0.1) is 0 Å². The number of hydrogen-bond acceptors (Lipinski definition) is 5. The zero-order valence-corrected chi connectivity index (χ0v) is 14.4. The lowest BCUT2D eigenvalue weighted by molar-refractivity contribution is -0.384. The minimum absolute atomic E-state index is 0.0307. The number of hydrogen-bond donors (Lipinski definition) is 1. The second kappa shape index (κ2) is 7.88. The molecule has 1 aromatic heterocycles. The molecule has 2 rings (SSSR count). The van der Waals surface area contributed by atoms with Crippen LogP contribution < -0.4 is 10.1 Å². The van der Waals surface area contributed by atoms with E-state index in [1.165, 1.54) is 18.2 Å². The number of anilines is 1. The zero-order valence-electron chi connectivity index (χ0n) is 11.4. The van der Waals surface area contributed by atoms with Crippen LogP contribution in [0.15, 0.2) is 24.3 Å². The van der Waals surface area contributed by atoms with Gasteiger partial charge in [0.2, 0.25) is 0 Å². The fourth-order valence-electron chi connectivity index (χ4n) is 1.67. The van der Waals surface area contributed by atoms with Gasteiger partial charge < -0.3 is 10.1 Å². The van der Waals surface area contributed by atoms with E-state index in [0.717, 1.165) is 0 Å². The second-order valence-corrected chi connectivity index (χ2v) is 5.70. The maximum absolute atomic E-state index is 10.7. The summed E-state index contributed by atoms with van der Waals surface area (Å²) in [6.07, 6.45) is 0. The van der Waals surface area contributed by atoms with Gasteiger partial charge in [0.05, 0.1) is 16.7 Å². The van der Waals surface area contributed by atoms with E-state index in [1.807, 2.05) is 0 Å². The molecule has 23 heavy (non-hydrogen) atoms. The van der Waals surface area contributed by atoms with Crippen LogP contribution in [0.3, 0.4) is 0 Å². The Hall–Kier alpha value is -1.47. The first-order valence-electron chi connectivity index (χ1n) is 6.21. The summed E-state index contributed by atoms with van der Waals surface area (Å²) < 4.78 is 5.42. The van der Waals surface area contributed by atoms with Crippen molar-refractivity contribution in [3.8, 4) is 5.75 Å². The number of nitrogens with one attached hydrogen (secondary N) is 1. The molecule has 0 amide bonds. The van der Waals surface area contributed by atoms with Gasteiger partial charge in [-0.1, -0.05) is 52.5 Å². The molecule has 1 aromatic carbocycles. The van der Waals surface area contributed by atoms with Crippen LogP contribution in [0.2, 0.25) is 20.4 Å². The monoisotopic (exact) mass is 395 g/mol. The molecule has 0 spiro atoms. The van der Waals surface area contributed by atoms with Gasteiger partial charge in [0.1, 0.15) is 22.4 Å². The van der Waals surface area contributed by atoms with E-state index >= 15 is 0 Å². The summed E-state index contributed by atoms with van der Waals surface area (Å²) in [5, 5.41) is 14.0. The first kappa shape index (κ1) is 17.9. The summed E-state index contributed by atoms with van der Waals surface area (Å²) in [5.74, 6) is 0.379. The van der Waals surface area contributed by atoms with Crippen LogP contribution >= 0.6 is 46.4 Å². The molecule has 0 saturated heterocycles. The van der Waals surface area contributed by atoms with Crippen molar-refractivity contribution in [3.63, 3.8) is 0 Å². The molecule has 1 N–H and O–H groups in total. The molecular weight excluding hydrogens is 388 g/mol. The van der Waals surface area contributed by atoms with E-state index in [4.69, 9.17) is 51.1 Å². The Morgan fingerprint density at radius 2 is 1.83 bits per heavy atom. The molecule has 0 saturated carbocycles. The van der Waals surface area contributed by atoms with Gasteiger partial charge in [0.15, 0.2) is 10.3 Å². The molecule has 0 aliphatic carbocycles. The number of benzene rings is 1. The second-order valence-electron chi connectivity index (χ2n) is 4.23. The van der Waals surface area contributed by atoms with Gasteiger partial charge in [-0.3, -0.25) is 10.1 Å². The van der Waals surface area contributed by atoms with Crippen LogP contribution in [0.25, 0.3) is 0 Å². The van der Waals surface area contributed by atoms with Crippen molar-refractivity contribution in [2.75, 3.05) is 18.5 Å². The fraction of sp³-hybridized carbons (Fsp3) is 0.154. The van der Waals surface area contributed by atoms with Gasteiger partial charge in [-0.25, -0.2) is 4.98 Å². The van der Waals surface area contributed by atoms with Crippen molar-refractivity contribution in [2.45, 2.75) is 0 Å². The normalized spacial score (nSPS) is 10.4. The van der Waals surface area contributed by atoms with E-state index in [1.54, 1.807) is 6.07 Å². The Bertz CT molecular complexity index is 716. The average molecular weight is 397 g/mol. The van der Waals surface area contributed by atoms with Gasteiger partial charge >= 0.3 is 0 Å². The fourth-order valence-corrected chi connectivity index (χ4v) is 2.53. The molecule has 6 nitrogen and oxygen atoms in total. The Morgan fingerprint density at radius 3 is 2.43 bits per heavy atom. The predicted molar refractivity (Wildman–Crippen MR) is 91.4 cm³/mol. The first-order valence-corrected chi connectivity index (χ1v) is 7.72. The standard InChI is InChI=1S/C13H9Cl4N3O3/c14-9-11(10(15)13(17)19-12(9)16)18-4-5-23-8-3-1-2-7(6-8)20(21)22/h1-3,6H,4-5H2,(H,18,19). The van der Waals surface area contributed by atoms with Crippen molar-refractivity contribution in [3.05, 3.63) is 54.7 Å². The molecule has 1 heterocycles. The number of pyridine rings is 1. The summed E-state index contributed by atoms with van der Waals surface area (Å²) in [5.41, 5.74) is 0.301. The molecule has 10 heteroatoms. The zero-order chi connectivity index (χ0) is 17.0. The molecule has 0 aliphatic rings. The third-order valence-electron chi connectivity index (χ3n) is 2.70. The number of nitro groups is 1. The third-order valence-corrected chi connectivity index (χ3v) is 4.17. The van der Waals surface area contributed by atoms with Gasteiger partial charge in [-0.05, 0) is 6.07 Å². The molecule has 122 valence electrons. The Kier molecular flexibility index (Phi) is 6.12. The smallest absolute Gasteiger partial charge is 0.273 e. The number of halogens is 4. The van der Waals surface area contributed by atoms with Crippen molar-refractivity contribution >= 4 is 57.8 Å². The maximum atomic E-state index is 10.7. The Morgan fingerprint density at radius 1 is 1.17 bits per heavy atom. The minimum atomic E-state index is -0.494. The van der Waals surface area contributed by atoms with Crippen molar-refractivity contribution in [2.24, 2.45) is 0 Å². The number of nitro benzene ring substituents is 1. The maximum Gasteiger partial charge on any atom is 0.273 e. The predicted octanol–water partition coefficient (Wildman–Crippen LogP) is 5.09. The largest absolute Gasteiger partial charge is 0.491 e. The van der Waals surface area contributed by atoms with Gasteiger partial charge in [0.25, 0.3) is 5.69 Å². The van der Waals surface area contributed by atoms with E-state index in [9.17, 15) is 10.1 Å². The lowest BCUT2D eigenvalue weighted by Crippen LogP contribution is -2.12. The molecule has 0 fully saturated rings. The summed E-state index contributed by atoms with van der Waals surface area (Å²) in [7, 11) is 0. The van der Waals surface area contributed by atoms with Gasteiger partial charge in [-0.2, -0.15) is 0 Å². The quantitative estimate of drug-likeness (QED) is 0.318. The summed E-state index contributed by atoms with van der Waals surface area (Å²) in [6.45, 7) is 0.532. The SMILES string of the molecule is O=[N+]([O-])c1cccc(OCCNc2c(Cl)c(Cl)nc(Cl)c2Cl)c1. The Labute approximate surface area is 151 Å². The highest BCUT2D eigenvalue weighted by atomic mass is 35.5. The van der Waals surface area contributed by atoms with Crippen LogP contribution in [0.5, 0.6) is 5.75 Å². The number of non-ortho nitro benzene ring substituents is 1. The van der Waals surface area contributed by atoms with Crippen molar-refractivity contribution in [1.82, 2.24) is 4.98 Å². The molecule has 0 bridgehead atoms. The van der Waals surface area contributed by atoms with E-state index in [0.29, 0.717) is 18.0 Å². The van der Waals surface area contributed by atoms with Crippen molar-refractivity contribution in [1.29, 1.82) is 0 Å². The topological polar surface area (TPSA) is 77.3 Å². The highest BCUT2D eigenvalue weighted by Gasteiger charge is 2.15. The van der Waals surface area contributed by atoms with Crippen LogP contribution in [0.4, 0.5) is 11.4 Å². The van der Waals surface area contributed by atoms with Crippen LogP contribution in [-0.2, 0) is 0 Å². The van der Waals surface area contributed by atoms with E-state index < -0.39 is 4.92 Å². The minimum Gasteiger partial charge on any atom is -0.491 e. The molecule has 0 radical (unpaired) electrons. The molecule has 0 aliphatic heterocycles. The van der Waals surface area contributed by atoms with E-state index in [2.05, 4.69) is 10.3 Å². The highest BCUT2D eigenvalue weighted by Crippen LogP contribution is 2.38. The molecule has 0 unspecified atom stereocenters. The van der Waals surface area contributed by atoms with E-state index in [-0.39, 0.29) is 32.6 Å². The van der Waals surface area contributed by atoms with Crippen LogP contribution in [0, 0.1) is 10.1 Å². The van der Waals surface area contributed by atoms with Crippen LogP contribution in [-0.4, -0.2) is 23.1 Å². The number of nitrogens with zero attached hydrogens (tertiary/aromatic N) is 2. The average Bonchev–Trinajstić information content (AvgIpc) is 2.52. The van der Waals surface area contributed by atoms with Crippen LogP contribution in [0.1, 0.15) is 0 Å². The number of aromatic nitrogens is 1. The first-order chi connectivity index (χ1) is 10.9. The Balaban J connectivity index is 1.96. The summed E-state index contributed by atoms with van der Waals surface area (Å²) in [4.78, 5) is 14.0. The summed E-state index contributed by atoms with van der Waals surface area (Å²) >= 11 is 23.7. The van der Waals surface area contributed by atoms with Gasteiger partial charge in [0, 0.05) is 12.6 Å². The lowest BCUT2D eigenvalue weighted by atomic mass is 10.3. The summed E-state index contributed by atoms with van der Waals surface area (Å²) in [6, 6.07) is 5.87. The molecule has 2 aromatic rings. The number of rotatable bonds is 6. The highest BCUT2D eigenvalue weighted by molar-refractivity contribution is 6.48. The van der Waals surface area contributed by atoms with Crippen molar-refractivity contribution < 1.29 is 9.66 Å². The number of ether oxygens (including phenoxy) is 1. The third kappa shape index (κ3) is 4.51. The lowest BCUT2D eigenvalue weighted by Gasteiger charge is -2.12. The molecular formula is C13H9Cl4N3O3.